The van der Waals surface area contributed by atoms with Gasteiger partial charge >= 0.3 is 0 Å². The Morgan fingerprint density at radius 3 is 2.15 bits per heavy atom. The summed E-state index contributed by atoms with van der Waals surface area (Å²) in [6, 6.07) is 0. The number of allylic oxidation sites excluding steroid dienone is 11. The van der Waals surface area contributed by atoms with Crippen LogP contribution in [0, 0.1) is 11.8 Å². The molecule has 1 rings (SSSR count). The van der Waals surface area contributed by atoms with Crippen LogP contribution in [0.3, 0.4) is 0 Å². The Balaban J connectivity index is -0.000000447. The summed E-state index contributed by atoms with van der Waals surface area (Å²) in [4.78, 5) is 0. The lowest BCUT2D eigenvalue weighted by molar-refractivity contribution is 0.480. The van der Waals surface area contributed by atoms with Crippen molar-refractivity contribution in [1.29, 1.82) is 0 Å². The van der Waals surface area contributed by atoms with Crippen molar-refractivity contribution >= 4 is 0 Å². The average molecular weight is 373 g/mol. The highest BCUT2D eigenvalue weighted by molar-refractivity contribution is 5.25. The summed E-state index contributed by atoms with van der Waals surface area (Å²) in [5, 5.41) is 0. The van der Waals surface area contributed by atoms with Crippen LogP contribution in [0.25, 0.3) is 0 Å². The molecule has 1 aliphatic rings. The van der Waals surface area contributed by atoms with Gasteiger partial charge in [-0.1, -0.05) is 148 Å². The first-order chi connectivity index (χ1) is 12.7. The smallest absolute Gasteiger partial charge is 0.0130 e. The average Bonchev–Trinajstić information content (AvgIpc) is 2.94. The fourth-order valence-corrected chi connectivity index (χ4v) is 2.74. The van der Waals surface area contributed by atoms with Crippen molar-refractivity contribution in [3.05, 3.63) is 72.9 Å². The molecule has 1 aliphatic carbocycles. The first-order valence-corrected chi connectivity index (χ1v) is 10.6. The molecule has 0 saturated carbocycles. The van der Waals surface area contributed by atoms with Gasteiger partial charge in [0.15, 0.2) is 0 Å². The van der Waals surface area contributed by atoms with E-state index in [1.165, 1.54) is 31.3 Å². The Morgan fingerprint density at radius 1 is 0.963 bits per heavy atom. The second-order valence-corrected chi connectivity index (χ2v) is 6.63. The third kappa shape index (κ3) is 20.6. The van der Waals surface area contributed by atoms with Gasteiger partial charge in [0.25, 0.3) is 0 Å². The van der Waals surface area contributed by atoms with Gasteiger partial charge in [0.05, 0.1) is 0 Å². The molecule has 0 aromatic heterocycles. The van der Waals surface area contributed by atoms with Gasteiger partial charge in [-0.2, -0.15) is 0 Å². The Kier molecular flexibility index (Phi) is 27.3. The molecule has 0 fully saturated rings. The lowest BCUT2D eigenvalue weighted by Crippen LogP contribution is -1.96. The van der Waals surface area contributed by atoms with Crippen LogP contribution in [-0.4, -0.2) is 0 Å². The van der Waals surface area contributed by atoms with Crippen molar-refractivity contribution in [3.63, 3.8) is 0 Å². The number of rotatable bonds is 9. The van der Waals surface area contributed by atoms with E-state index in [4.69, 9.17) is 0 Å². The van der Waals surface area contributed by atoms with Crippen molar-refractivity contribution in [2.45, 2.75) is 87.5 Å². The second kappa shape index (κ2) is 24.4. The predicted octanol–water partition coefficient (Wildman–Crippen LogP) is 9.64. The van der Waals surface area contributed by atoms with Crippen molar-refractivity contribution in [2.24, 2.45) is 11.8 Å². The molecule has 0 aliphatic heterocycles. The van der Waals surface area contributed by atoms with E-state index < -0.39 is 0 Å². The normalized spacial score (nSPS) is 13.8. The topological polar surface area (TPSA) is 0 Å². The summed E-state index contributed by atoms with van der Waals surface area (Å²) < 4.78 is 0. The van der Waals surface area contributed by atoms with Gasteiger partial charge in [0.2, 0.25) is 0 Å². The Labute approximate surface area is 172 Å². The molecular weight excluding hydrogens is 324 g/mol. The molecule has 0 radical (unpaired) electrons. The summed E-state index contributed by atoms with van der Waals surface area (Å²) >= 11 is 0. The Bertz CT molecular complexity index is 437. The molecule has 0 saturated heterocycles. The van der Waals surface area contributed by atoms with Gasteiger partial charge in [0.1, 0.15) is 0 Å². The zero-order valence-electron chi connectivity index (χ0n) is 18.4. The third-order valence-corrected chi connectivity index (χ3v) is 4.20. The van der Waals surface area contributed by atoms with Crippen LogP contribution in [0.2, 0.25) is 0 Å². The van der Waals surface area contributed by atoms with E-state index in [-0.39, 0.29) is 7.43 Å². The molecule has 0 nitrogen and oxygen atoms in total. The largest absolute Gasteiger partial charge is 0.0991 e. The first kappa shape index (κ1) is 30.2. The van der Waals surface area contributed by atoms with Gasteiger partial charge < -0.3 is 0 Å². The van der Waals surface area contributed by atoms with Gasteiger partial charge in [-0.25, -0.2) is 0 Å². The van der Waals surface area contributed by atoms with Gasteiger partial charge in [-0.05, 0) is 24.7 Å². The van der Waals surface area contributed by atoms with Crippen LogP contribution in [0.5, 0.6) is 0 Å². The number of hydrogen-bond donors (Lipinski definition) is 0. The molecule has 1 atom stereocenters. The van der Waals surface area contributed by atoms with Gasteiger partial charge in [0, 0.05) is 0 Å². The SMILES string of the molecule is C.C=C/C=C\C=C/CC(C)C1=CC=CC=CC1.CC.CCCC(C)CCC. The fraction of sp³-hybridized carbons (Fsp3) is 0.556. The zero-order valence-corrected chi connectivity index (χ0v) is 18.4. The summed E-state index contributed by atoms with van der Waals surface area (Å²) in [5.41, 5.74) is 1.50. The quantitative estimate of drug-likeness (QED) is 0.353. The minimum Gasteiger partial charge on any atom is -0.0991 e. The van der Waals surface area contributed by atoms with Crippen LogP contribution < -0.4 is 0 Å². The van der Waals surface area contributed by atoms with Gasteiger partial charge in [-0.3, -0.25) is 0 Å². The van der Waals surface area contributed by atoms with Gasteiger partial charge in [-0.15, -0.1) is 0 Å². The van der Waals surface area contributed by atoms with Crippen LogP contribution in [0.1, 0.15) is 87.5 Å². The Hall–Kier alpha value is -1.56. The van der Waals surface area contributed by atoms with Crippen molar-refractivity contribution in [3.8, 4) is 0 Å². The van der Waals surface area contributed by atoms with E-state index in [9.17, 15) is 0 Å². The molecule has 0 spiro atoms. The van der Waals surface area contributed by atoms with E-state index in [0.717, 1.165) is 18.8 Å². The summed E-state index contributed by atoms with van der Waals surface area (Å²) in [7, 11) is 0. The lowest BCUT2D eigenvalue weighted by atomic mass is 9.94. The molecular formula is C27H48. The maximum Gasteiger partial charge on any atom is -0.0130 e. The zero-order chi connectivity index (χ0) is 20.0. The fourth-order valence-electron chi connectivity index (χ4n) is 2.74. The Morgan fingerprint density at radius 2 is 1.59 bits per heavy atom. The van der Waals surface area contributed by atoms with Crippen LogP contribution in [0.4, 0.5) is 0 Å². The molecule has 0 N–H and O–H groups in total. The first-order valence-electron chi connectivity index (χ1n) is 10.6. The molecule has 0 heterocycles. The van der Waals surface area contributed by atoms with E-state index in [0.29, 0.717) is 5.92 Å². The maximum atomic E-state index is 3.63. The highest BCUT2D eigenvalue weighted by Crippen LogP contribution is 2.20. The summed E-state index contributed by atoms with van der Waals surface area (Å²) in [6.45, 7) is 16.8. The molecule has 0 bridgehead atoms. The molecule has 0 amide bonds. The van der Waals surface area contributed by atoms with E-state index in [1.54, 1.807) is 6.08 Å². The third-order valence-electron chi connectivity index (χ3n) is 4.20. The maximum absolute atomic E-state index is 3.63. The standard InChI is InChI=1S/C16H20.C8H18.C2H6.CH4/c1-3-4-5-6-9-12-15(2)16-13-10-7-8-11-14-16;1-4-6-8(3)7-5-2;1-2;/h3-11,13,15H,1,12,14H2,2H3;8H,4-7H2,1-3H3;1-2H3;1H4/b5-4-,9-6-;;;. The number of hydrogen-bond acceptors (Lipinski definition) is 0. The monoisotopic (exact) mass is 372 g/mol. The summed E-state index contributed by atoms with van der Waals surface area (Å²) in [5.74, 6) is 1.57. The molecule has 156 valence electrons. The van der Waals surface area contributed by atoms with E-state index >= 15 is 0 Å². The van der Waals surface area contributed by atoms with Crippen LogP contribution in [-0.2, 0) is 0 Å². The minimum absolute atomic E-state index is 0. The molecule has 0 aromatic rings. The molecule has 27 heavy (non-hydrogen) atoms. The molecule has 1 unspecified atom stereocenters. The second-order valence-electron chi connectivity index (χ2n) is 6.63. The van der Waals surface area contributed by atoms with Crippen molar-refractivity contribution < 1.29 is 0 Å². The van der Waals surface area contributed by atoms with Crippen molar-refractivity contribution in [1.82, 2.24) is 0 Å². The molecule has 0 heteroatoms. The van der Waals surface area contributed by atoms with Crippen LogP contribution >= 0.6 is 0 Å². The molecule has 0 aromatic carbocycles. The highest BCUT2D eigenvalue weighted by Gasteiger charge is 2.05. The predicted molar refractivity (Wildman–Crippen MR) is 130 cm³/mol. The van der Waals surface area contributed by atoms with E-state index in [1.807, 2.05) is 26.0 Å². The highest BCUT2D eigenvalue weighted by atomic mass is 14.1. The summed E-state index contributed by atoms with van der Waals surface area (Å²) in [6.07, 6.45) is 28.5. The minimum atomic E-state index is 0. The van der Waals surface area contributed by atoms with Crippen LogP contribution in [0.15, 0.2) is 72.9 Å². The van der Waals surface area contributed by atoms with E-state index in [2.05, 4.69) is 76.8 Å². The lowest BCUT2D eigenvalue weighted by Gasteiger charge is -2.11. The van der Waals surface area contributed by atoms with Crippen molar-refractivity contribution in [2.75, 3.05) is 0 Å².